The zero-order valence-corrected chi connectivity index (χ0v) is 15.3. The predicted molar refractivity (Wildman–Crippen MR) is 96.5 cm³/mol. The van der Waals surface area contributed by atoms with E-state index in [0.717, 1.165) is 23.2 Å². The van der Waals surface area contributed by atoms with Crippen LogP contribution < -0.4 is 0 Å². The number of sulfonamides is 1. The van der Waals surface area contributed by atoms with E-state index < -0.39 is 10.0 Å². The van der Waals surface area contributed by atoms with Crippen molar-refractivity contribution in [3.05, 3.63) is 65.2 Å². The van der Waals surface area contributed by atoms with Gasteiger partial charge in [0.05, 0.1) is 10.9 Å². The van der Waals surface area contributed by atoms with Crippen LogP contribution in [0, 0.1) is 13.8 Å². The van der Waals surface area contributed by atoms with Crippen molar-refractivity contribution < 1.29 is 8.42 Å². The van der Waals surface area contributed by atoms with Gasteiger partial charge in [-0.25, -0.2) is 8.42 Å². The van der Waals surface area contributed by atoms with Crippen LogP contribution in [0.3, 0.4) is 0 Å². The van der Waals surface area contributed by atoms with E-state index in [0.29, 0.717) is 18.0 Å². The average Bonchev–Trinajstić information content (AvgIpc) is 2.55. The van der Waals surface area contributed by atoms with Crippen molar-refractivity contribution in [1.82, 2.24) is 9.21 Å². The highest BCUT2D eigenvalue weighted by Gasteiger charge is 2.36. The molecule has 4 nitrogen and oxygen atoms in total. The molecular formula is C19H24N2O2S. The minimum absolute atomic E-state index is 0.157. The number of hydrogen-bond acceptors (Lipinski definition) is 3. The summed E-state index contributed by atoms with van der Waals surface area (Å²) in [5, 5.41) is 0. The van der Waals surface area contributed by atoms with E-state index in [9.17, 15) is 8.42 Å². The summed E-state index contributed by atoms with van der Waals surface area (Å²) < 4.78 is 28.3. The molecule has 1 saturated heterocycles. The molecule has 0 amide bonds. The zero-order chi connectivity index (χ0) is 17.3. The van der Waals surface area contributed by atoms with E-state index in [-0.39, 0.29) is 6.04 Å². The van der Waals surface area contributed by atoms with Crippen LogP contribution in [0.1, 0.15) is 22.7 Å². The van der Waals surface area contributed by atoms with Crippen LogP contribution in [0.2, 0.25) is 0 Å². The monoisotopic (exact) mass is 344 g/mol. The van der Waals surface area contributed by atoms with Crippen LogP contribution in [0.4, 0.5) is 0 Å². The third-order valence-electron chi connectivity index (χ3n) is 4.64. The van der Waals surface area contributed by atoms with E-state index in [1.54, 1.807) is 10.4 Å². The van der Waals surface area contributed by atoms with Gasteiger partial charge in [-0.05, 0) is 38.1 Å². The molecule has 0 aromatic heterocycles. The number of aryl methyl sites for hydroxylation is 2. The van der Waals surface area contributed by atoms with E-state index in [1.165, 1.54) is 0 Å². The molecule has 1 aliphatic heterocycles. The first-order valence-electron chi connectivity index (χ1n) is 8.22. The van der Waals surface area contributed by atoms with Crippen molar-refractivity contribution in [3.63, 3.8) is 0 Å². The Labute approximate surface area is 144 Å². The molecule has 1 fully saturated rings. The number of benzene rings is 2. The number of piperazine rings is 1. The predicted octanol–water partition coefficient (Wildman–Crippen LogP) is 2.98. The Morgan fingerprint density at radius 3 is 2.38 bits per heavy atom. The van der Waals surface area contributed by atoms with Crippen molar-refractivity contribution in [2.75, 3.05) is 26.7 Å². The molecule has 1 aliphatic rings. The molecule has 0 spiro atoms. The Hall–Kier alpha value is -1.69. The maximum atomic E-state index is 13.3. The molecule has 0 bridgehead atoms. The second kappa shape index (κ2) is 6.67. The van der Waals surface area contributed by atoms with Gasteiger partial charge >= 0.3 is 0 Å². The van der Waals surface area contributed by atoms with Crippen LogP contribution in [-0.2, 0) is 10.0 Å². The minimum atomic E-state index is -3.52. The number of hydrogen-bond donors (Lipinski definition) is 0. The van der Waals surface area contributed by atoms with Gasteiger partial charge < -0.3 is 4.90 Å². The standard InChI is InChI=1S/C19H24N2O2S/c1-15-9-10-19(16(2)13-15)24(22,23)21-12-11-20(3)14-18(21)17-7-5-4-6-8-17/h4-10,13,18H,11-12,14H2,1-3H3. The highest BCUT2D eigenvalue weighted by molar-refractivity contribution is 7.89. The lowest BCUT2D eigenvalue weighted by atomic mass is 10.1. The average molecular weight is 344 g/mol. The zero-order valence-electron chi connectivity index (χ0n) is 14.4. The first kappa shape index (κ1) is 17.1. The van der Waals surface area contributed by atoms with Crippen LogP contribution >= 0.6 is 0 Å². The van der Waals surface area contributed by atoms with E-state index >= 15 is 0 Å². The molecule has 24 heavy (non-hydrogen) atoms. The Bertz CT molecular complexity index is 819. The molecule has 1 heterocycles. The molecule has 0 N–H and O–H groups in total. The van der Waals surface area contributed by atoms with Gasteiger partial charge in [0.2, 0.25) is 10.0 Å². The molecular weight excluding hydrogens is 320 g/mol. The van der Waals surface area contributed by atoms with E-state index in [4.69, 9.17) is 0 Å². The molecule has 1 atom stereocenters. The van der Waals surface area contributed by atoms with Gasteiger partial charge in [0.1, 0.15) is 0 Å². The smallest absolute Gasteiger partial charge is 0.243 e. The summed E-state index contributed by atoms with van der Waals surface area (Å²) >= 11 is 0. The van der Waals surface area contributed by atoms with Crippen molar-refractivity contribution >= 4 is 10.0 Å². The molecule has 0 saturated carbocycles. The van der Waals surface area contributed by atoms with Gasteiger partial charge in [-0.3, -0.25) is 0 Å². The molecule has 5 heteroatoms. The Balaban J connectivity index is 2.04. The minimum Gasteiger partial charge on any atom is -0.303 e. The highest BCUT2D eigenvalue weighted by atomic mass is 32.2. The maximum absolute atomic E-state index is 13.3. The van der Waals surface area contributed by atoms with Crippen LogP contribution in [0.25, 0.3) is 0 Å². The molecule has 128 valence electrons. The summed E-state index contributed by atoms with van der Waals surface area (Å²) in [6.45, 7) is 5.80. The van der Waals surface area contributed by atoms with Gasteiger partial charge in [-0.2, -0.15) is 4.31 Å². The first-order valence-corrected chi connectivity index (χ1v) is 9.66. The second-order valence-electron chi connectivity index (χ2n) is 6.57. The van der Waals surface area contributed by atoms with Crippen LogP contribution in [0.15, 0.2) is 53.4 Å². The van der Waals surface area contributed by atoms with Gasteiger partial charge in [0, 0.05) is 19.6 Å². The molecule has 3 rings (SSSR count). The lowest BCUT2D eigenvalue weighted by molar-refractivity contribution is 0.160. The summed E-state index contributed by atoms with van der Waals surface area (Å²) in [5.41, 5.74) is 2.92. The Morgan fingerprint density at radius 2 is 1.71 bits per heavy atom. The Kier molecular flexibility index (Phi) is 4.76. The third-order valence-corrected chi connectivity index (χ3v) is 6.70. The Morgan fingerprint density at radius 1 is 1.00 bits per heavy atom. The largest absolute Gasteiger partial charge is 0.303 e. The number of rotatable bonds is 3. The molecule has 0 aliphatic carbocycles. The molecule has 2 aromatic rings. The summed E-state index contributed by atoms with van der Waals surface area (Å²) in [5.74, 6) is 0. The van der Waals surface area contributed by atoms with E-state index in [1.807, 2.05) is 63.4 Å². The normalized spacial score (nSPS) is 20.2. The van der Waals surface area contributed by atoms with Gasteiger partial charge in [0.25, 0.3) is 0 Å². The topological polar surface area (TPSA) is 40.6 Å². The highest BCUT2D eigenvalue weighted by Crippen LogP contribution is 2.32. The fourth-order valence-electron chi connectivity index (χ4n) is 3.35. The lowest BCUT2D eigenvalue weighted by Gasteiger charge is -2.39. The van der Waals surface area contributed by atoms with E-state index in [2.05, 4.69) is 4.90 Å². The van der Waals surface area contributed by atoms with Crippen LogP contribution in [0.5, 0.6) is 0 Å². The summed E-state index contributed by atoms with van der Waals surface area (Å²) in [6.07, 6.45) is 0. The quantitative estimate of drug-likeness (QED) is 0.859. The summed E-state index contributed by atoms with van der Waals surface area (Å²) in [4.78, 5) is 2.60. The van der Waals surface area contributed by atoms with Gasteiger partial charge in [-0.1, -0.05) is 48.0 Å². The molecule has 2 aromatic carbocycles. The number of nitrogens with zero attached hydrogens (tertiary/aromatic N) is 2. The van der Waals surface area contributed by atoms with Crippen molar-refractivity contribution in [3.8, 4) is 0 Å². The van der Waals surface area contributed by atoms with Crippen molar-refractivity contribution in [2.45, 2.75) is 24.8 Å². The van der Waals surface area contributed by atoms with Gasteiger partial charge in [0.15, 0.2) is 0 Å². The van der Waals surface area contributed by atoms with Gasteiger partial charge in [-0.15, -0.1) is 0 Å². The molecule has 1 unspecified atom stereocenters. The van der Waals surface area contributed by atoms with Crippen molar-refractivity contribution in [1.29, 1.82) is 0 Å². The first-order chi connectivity index (χ1) is 11.4. The summed E-state index contributed by atoms with van der Waals surface area (Å²) in [7, 11) is -1.48. The SMILES string of the molecule is Cc1ccc(S(=O)(=O)N2CCN(C)CC2c2ccccc2)c(C)c1. The van der Waals surface area contributed by atoms with Crippen molar-refractivity contribution in [2.24, 2.45) is 0 Å². The molecule has 0 radical (unpaired) electrons. The maximum Gasteiger partial charge on any atom is 0.243 e. The van der Waals surface area contributed by atoms with Crippen LogP contribution in [-0.4, -0.2) is 44.3 Å². The third kappa shape index (κ3) is 3.24. The fraction of sp³-hybridized carbons (Fsp3) is 0.368. The summed E-state index contributed by atoms with van der Waals surface area (Å²) in [6, 6.07) is 15.3. The fourth-order valence-corrected chi connectivity index (χ4v) is 5.16. The second-order valence-corrected chi connectivity index (χ2v) is 8.43. The number of likely N-dealkylation sites (N-methyl/N-ethyl adjacent to an activating group) is 1. The lowest BCUT2D eigenvalue weighted by Crippen LogP contribution is -2.49.